The van der Waals surface area contributed by atoms with Crippen molar-refractivity contribution < 1.29 is 0 Å². The van der Waals surface area contributed by atoms with E-state index in [0.717, 1.165) is 18.0 Å². The second-order valence-corrected chi connectivity index (χ2v) is 4.93. The molecular weight excluding hydrogens is 184 g/mol. The molecule has 0 aromatic rings. The average Bonchev–Trinajstić information content (AvgIpc) is 2.28. The lowest BCUT2D eigenvalue weighted by atomic mass is 9.94. The van der Waals surface area contributed by atoms with E-state index >= 15 is 0 Å². The number of hydrogen-bond donors (Lipinski definition) is 1. The van der Waals surface area contributed by atoms with Crippen LogP contribution in [-0.2, 0) is 0 Å². The second kappa shape index (κ2) is 6.49. The Labute approximate surface area is 95.4 Å². The van der Waals surface area contributed by atoms with E-state index < -0.39 is 0 Å². The molecule has 0 saturated carbocycles. The maximum atomic E-state index is 3.71. The van der Waals surface area contributed by atoms with E-state index in [1.807, 2.05) is 0 Å². The molecule has 1 fully saturated rings. The Morgan fingerprint density at radius 2 is 2.07 bits per heavy atom. The SMILES string of the molecule is CCCC1CN(CC)C(C(C)CC)CN1. The second-order valence-electron chi connectivity index (χ2n) is 4.93. The van der Waals surface area contributed by atoms with Crippen molar-refractivity contribution in [2.75, 3.05) is 19.6 Å². The van der Waals surface area contributed by atoms with Gasteiger partial charge in [0.15, 0.2) is 0 Å². The molecule has 0 aliphatic carbocycles. The molecule has 1 rings (SSSR count). The molecule has 1 aliphatic rings. The zero-order valence-electron chi connectivity index (χ0n) is 10.9. The quantitative estimate of drug-likeness (QED) is 0.753. The number of likely N-dealkylation sites (N-methyl/N-ethyl adjacent to an activating group) is 1. The van der Waals surface area contributed by atoms with Gasteiger partial charge in [-0.1, -0.05) is 40.5 Å². The van der Waals surface area contributed by atoms with E-state index in [2.05, 4.69) is 37.9 Å². The normalized spacial score (nSPS) is 30.4. The van der Waals surface area contributed by atoms with Gasteiger partial charge >= 0.3 is 0 Å². The lowest BCUT2D eigenvalue weighted by Gasteiger charge is -2.42. The zero-order chi connectivity index (χ0) is 11.3. The van der Waals surface area contributed by atoms with Crippen LogP contribution in [-0.4, -0.2) is 36.6 Å². The Kier molecular flexibility index (Phi) is 5.62. The van der Waals surface area contributed by atoms with E-state index in [4.69, 9.17) is 0 Å². The van der Waals surface area contributed by atoms with Gasteiger partial charge in [0, 0.05) is 25.2 Å². The highest BCUT2D eigenvalue weighted by Gasteiger charge is 2.28. The number of hydrogen-bond acceptors (Lipinski definition) is 2. The van der Waals surface area contributed by atoms with Crippen LogP contribution >= 0.6 is 0 Å². The summed E-state index contributed by atoms with van der Waals surface area (Å²) >= 11 is 0. The Morgan fingerprint density at radius 1 is 1.33 bits per heavy atom. The summed E-state index contributed by atoms with van der Waals surface area (Å²) in [6, 6.07) is 1.49. The molecule has 2 nitrogen and oxygen atoms in total. The lowest BCUT2D eigenvalue weighted by molar-refractivity contribution is 0.0945. The van der Waals surface area contributed by atoms with Gasteiger partial charge in [0.05, 0.1) is 0 Å². The monoisotopic (exact) mass is 212 g/mol. The molecule has 1 saturated heterocycles. The van der Waals surface area contributed by atoms with Crippen LogP contribution in [0, 0.1) is 5.92 Å². The van der Waals surface area contributed by atoms with E-state index in [1.165, 1.54) is 38.9 Å². The van der Waals surface area contributed by atoms with Gasteiger partial charge in [0.25, 0.3) is 0 Å². The van der Waals surface area contributed by atoms with Crippen molar-refractivity contribution in [3.63, 3.8) is 0 Å². The first-order valence-corrected chi connectivity index (χ1v) is 6.70. The maximum Gasteiger partial charge on any atom is 0.0246 e. The number of nitrogens with zero attached hydrogens (tertiary/aromatic N) is 1. The summed E-state index contributed by atoms with van der Waals surface area (Å²) in [5.41, 5.74) is 0. The van der Waals surface area contributed by atoms with Gasteiger partial charge < -0.3 is 5.32 Å². The van der Waals surface area contributed by atoms with Crippen molar-refractivity contribution in [2.24, 2.45) is 5.92 Å². The molecule has 3 atom stereocenters. The molecule has 2 heteroatoms. The van der Waals surface area contributed by atoms with Gasteiger partial charge in [-0.15, -0.1) is 0 Å². The van der Waals surface area contributed by atoms with Crippen LogP contribution in [0.15, 0.2) is 0 Å². The van der Waals surface area contributed by atoms with E-state index in [0.29, 0.717) is 0 Å². The summed E-state index contributed by atoms with van der Waals surface area (Å²) in [6.07, 6.45) is 3.91. The molecule has 15 heavy (non-hydrogen) atoms. The van der Waals surface area contributed by atoms with Crippen molar-refractivity contribution >= 4 is 0 Å². The minimum absolute atomic E-state index is 0.732. The zero-order valence-corrected chi connectivity index (χ0v) is 10.9. The topological polar surface area (TPSA) is 15.3 Å². The molecular formula is C13H28N2. The van der Waals surface area contributed by atoms with Crippen molar-refractivity contribution in [3.05, 3.63) is 0 Å². The molecule has 0 spiro atoms. The fourth-order valence-electron chi connectivity index (χ4n) is 2.64. The number of rotatable bonds is 5. The van der Waals surface area contributed by atoms with Gasteiger partial charge in [0.2, 0.25) is 0 Å². The highest BCUT2D eigenvalue weighted by molar-refractivity contribution is 4.87. The van der Waals surface area contributed by atoms with E-state index in [-0.39, 0.29) is 0 Å². The molecule has 0 aromatic heterocycles. The molecule has 0 amide bonds. The molecule has 1 N–H and O–H groups in total. The Hall–Kier alpha value is -0.0800. The molecule has 1 heterocycles. The van der Waals surface area contributed by atoms with E-state index in [1.54, 1.807) is 0 Å². The number of piperazine rings is 1. The summed E-state index contributed by atoms with van der Waals surface area (Å²) in [4.78, 5) is 2.67. The first-order valence-electron chi connectivity index (χ1n) is 6.70. The molecule has 0 aromatic carbocycles. The molecule has 90 valence electrons. The molecule has 3 unspecified atom stereocenters. The van der Waals surface area contributed by atoms with Crippen LogP contribution in [0.5, 0.6) is 0 Å². The fraction of sp³-hybridized carbons (Fsp3) is 1.00. The highest BCUT2D eigenvalue weighted by atomic mass is 15.2. The summed E-state index contributed by atoms with van der Waals surface area (Å²) in [6.45, 7) is 12.9. The first kappa shape index (κ1) is 13.0. The van der Waals surface area contributed by atoms with Crippen LogP contribution < -0.4 is 5.32 Å². The predicted octanol–water partition coefficient (Wildman–Crippen LogP) is 2.49. The lowest BCUT2D eigenvalue weighted by Crippen LogP contribution is -2.58. The average molecular weight is 212 g/mol. The van der Waals surface area contributed by atoms with Crippen LogP contribution in [0.4, 0.5) is 0 Å². The third-order valence-corrected chi connectivity index (χ3v) is 3.88. The van der Waals surface area contributed by atoms with Crippen LogP contribution in [0.1, 0.15) is 47.0 Å². The molecule has 1 aliphatic heterocycles. The summed E-state index contributed by atoms with van der Waals surface area (Å²) < 4.78 is 0. The van der Waals surface area contributed by atoms with Crippen LogP contribution in [0.2, 0.25) is 0 Å². The highest BCUT2D eigenvalue weighted by Crippen LogP contribution is 2.18. The van der Waals surface area contributed by atoms with Crippen molar-refractivity contribution in [1.82, 2.24) is 10.2 Å². The van der Waals surface area contributed by atoms with Crippen LogP contribution in [0.3, 0.4) is 0 Å². The number of nitrogens with one attached hydrogen (secondary N) is 1. The third kappa shape index (κ3) is 3.46. The summed E-state index contributed by atoms with van der Waals surface area (Å²) in [5.74, 6) is 0.819. The first-order chi connectivity index (χ1) is 7.22. The minimum Gasteiger partial charge on any atom is -0.311 e. The Balaban J connectivity index is 2.48. The Morgan fingerprint density at radius 3 is 2.60 bits per heavy atom. The minimum atomic E-state index is 0.732. The van der Waals surface area contributed by atoms with Crippen molar-refractivity contribution in [1.29, 1.82) is 0 Å². The van der Waals surface area contributed by atoms with Crippen molar-refractivity contribution in [3.8, 4) is 0 Å². The predicted molar refractivity (Wildman–Crippen MR) is 67.2 cm³/mol. The third-order valence-electron chi connectivity index (χ3n) is 3.88. The van der Waals surface area contributed by atoms with Crippen molar-refractivity contribution in [2.45, 2.75) is 59.0 Å². The van der Waals surface area contributed by atoms with Crippen LogP contribution in [0.25, 0.3) is 0 Å². The van der Waals surface area contributed by atoms with Gasteiger partial charge in [-0.05, 0) is 18.9 Å². The molecule has 0 bridgehead atoms. The largest absolute Gasteiger partial charge is 0.311 e. The summed E-state index contributed by atoms with van der Waals surface area (Å²) in [5, 5.41) is 3.71. The van der Waals surface area contributed by atoms with E-state index in [9.17, 15) is 0 Å². The maximum absolute atomic E-state index is 3.71. The fourth-order valence-corrected chi connectivity index (χ4v) is 2.64. The van der Waals surface area contributed by atoms with Gasteiger partial charge in [-0.25, -0.2) is 0 Å². The standard InChI is InChI=1S/C13H28N2/c1-5-8-12-10-15(7-3)13(9-14-12)11(4)6-2/h11-14H,5-10H2,1-4H3. The van der Waals surface area contributed by atoms with Gasteiger partial charge in [0.1, 0.15) is 0 Å². The molecule has 0 radical (unpaired) electrons. The summed E-state index contributed by atoms with van der Waals surface area (Å²) in [7, 11) is 0. The van der Waals surface area contributed by atoms with Gasteiger partial charge in [-0.2, -0.15) is 0 Å². The Bertz CT molecular complexity index is 170. The smallest absolute Gasteiger partial charge is 0.0246 e. The van der Waals surface area contributed by atoms with Gasteiger partial charge in [-0.3, -0.25) is 4.90 Å².